The van der Waals surface area contributed by atoms with Crippen molar-refractivity contribution in [3.8, 4) is 56.5 Å². The Balaban J connectivity index is 1.23. The molecule has 0 saturated carbocycles. The third-order valence-electron chi connectivity index (χ3n) is 9.34. The van der Waals surface area contributed by atoms with E-state index in [0.717, 1.165) is 89.7 Å². The molecule has 0 atom stereocenters. The molecule has 9 aromatic rings. The number of rotatable bonds is 5. The van der Waals surface area contributed by atoms with E-state index in [4.69, 9.17) is 19.1 Å². The Morgan fingerprint density at radius 2 is 1.18 bits per heavy atom. The zero-order valence-electron chi connectivity index (χ0n) is 27.3. The van der Waals surface area contributed by atoms with E-state index in [1.54, 1.807) is 6.20 Å². The van der Waals surface area contributed by atoms with Gasteiger partial charge in [0.1, 0.15) is 11.2 Å². The molecule has 51 heavy (non-hydrogen) atoms. The maximum Gasteiger partial charge on any atom is 0.160 e. The highest BCUT2D eigenvalue weighted by atomic mass is 16.5. The fourth-order valence-electron chi connectivity index (χ4n) is 6.97. The van der Waals surface area contributed by atoms with Crippen LogP contribution in [0, 0.1) is 0 Å². The van der Waals surface area contributed by atoms with E-state index < -0.39 is 0 Å². The van der Waals surface area contributed by atoms with E-state index in [-0.39, 0.29) is 0 Å². The highest BCUT2D eigenvalue weighted by Crippen LogP contribution is 2.51. The number of furan rings is 1. The van der Waals surface area contributed by atoms with Crippen LogP contribution < -0.4 is 9.64 Å². The first-order chi connectivity index (χ1) is 25.3. The molecule has 0 amide bonds. The van der Waals surface area contributed by atoms with Gasteiger partial charge in [-0.05, 0) is 72.3 Å². The Kier molecular flexibility index (Phi) is 6.70. The van der Waals surface area contributed by atoms with Gasteiger partial charge in [-0.25, -0.2) is 9.97 Å². The summed E-state index contributed by atoms with van der Waals surface area (Å²) in [6.45, 7) is 0. The lowest BCUT2D eigenvalue weighted by Gasteiger charge is -2.33. The molecule has 240 valence electrons. The van der Waals surface area contributed by atoms with Crippen LogP contribution in [-0.4, -0.2) is 15.0 Å². The number of hydrogen-bond donors (Lipinski definition) is 0. The van der Waals surface area contributed by atoms with Gasteiger partial charge < -0.3 is 14.1 Å². The maximum absolute atomic E-state index is 6.49. The number of nitrogens with zero attached hydrogens (tertiary/aromatic N) is 4. The summed E-state index contributed by atoms with van der Waals surface area (Å²) >= 11 is 0. The average Bonchev–Trinajstić information content (AvgIpc) is 3.59. The Bertz CT molecular complexity index is 2700. The molecule has 6 nitrogen and oxygen atoms in total. The second-order valence-electron chi connectivity index (χ2n) is 12.5. The highest BCUT2D eigenvalue weighted by Gasteiger charge is 2.26. The fraction of sp³-hybridized carbons (Fsp3) is 0. The minimum Gasteiger partial charge on any atom is -0.455 e. The molecule has 1 aliphatic heterocycles. The number of hydrogen-bond acceptors (Lipinski definition) is 6. The van der Waals surface area contributed by atoms with Gasteiger partial charge in [0.05, 0.1) is 22.8 Å². The zero-order valence-corrected chi connectivity index (χ0v) is 27.3. The number of ether oxygens (including phenoxy) is 1. The molecule has 0 aliphatic carbocycles. The molecule has 0 saturated heterocycles. The molecular weight excluding hydrogens is 629 g/mol. The molecule has 3 aromatic heterocycles. The Morgan fingerprint density at radius 3 is 1.98 bits per heavy atom. The van der Waals surface area contributed by atoms with Gasteiger partial charge in [0.15, 0.2) is 17.3 Å². The number of aromatic nitrogens is 3. The smallest absolute Gasteiger partial charge is 0.160 e. The second kappa shape index (κ2) is 11.8. The van der Waals surface area contributed by atoms with Crippen LogP contribution in [0.15, 0.2) is 175 Å². The van der Waals surface area contributed by atoms with Crippen molar-refractivity contribution in [3.63, 3.8) is 0 Å². The fourth-order valence-corrected chi connectivity index (χ4v) is 6.97. The maximum atomic E-state index is 6.49. The van der Waals surface area contributed by atoms with Crippen molar-refractivity contribution < 1.29 is 9.15 Å². The molecule has 0 unspecified atom stereocenters. The van der Waals surface area contributed by atoms with Crippen LogP contribution in [0.2, 0.25) is 0 Å². The molecule has 0 N–H and O–H groups in total. The van der Waals surface area contributed by atoms with E-state index in [0.29, 0.717) is 5.82 Å². The third kappa shape index (κ3) is 5.01. The van der Waals surface area contributed by atoms with Crippen LogP contribution in [0.5, 0.6) is 11.5 Å². The molecule has 0 fully saturated rings. The first-order valence-electron chi connectivity index (χ1n) is 16.8. The van der Waals surface area contributed by atoms with Gasteiger partial charge in [-0.15, -0.1) is 0 Å². The van der Waals surface area contributed by atoms with Crippen molar-refractivity contribution in [2.45, 2.75) is 0 Å². The molecule has 6 heteroatoms. The van der Waals surface area contributed by atoms with Gasteiger partial charge in [0.25, 0.3) is 0 Å². The summed E-state index contributed by atoms with van der Waals surface area (Å²) < 4.78 is 12.8. The van der Waals surface area contributed by atoms with E-state index in [9.17, 15) is 0 Å². The van der Waals surface area contributed by atoms with Gasteiger partial charge in [-0.2, -0.15) is 0 Å². The van der Waals surface area contributed by atoms with Crippen molar-refractivity contribution in [3.05, 3.63) is 170 Å². The van der Waals surface area contributed by atoms with Gasteiger partial charge in [-0.3, -0.25) is 4.98 Å². The van der Waals surface area contributed by atoms with Gasteiger partial charge >= 0.3 is 0 Å². The lowest BCUT2D eigenvalue weighted by Crippen LogP contribution is -2.15. The summed E-state index contributed by atoms with van der Waals surface area (Å²) in [5.41, 5.74) is 10.9. The number of anilines is 3. The Morgan fingerprint density at radius 1 is 0.490 bits per heavy atom. The van der Waals surface area contributed by atoms with E-state index in [1.165, 1.54) is 0 Å². The predicted octanol–water partition coefficient (Wildman–Crippen LogP) is 12.0. The van der Waals surface area contributed by atoms with Crippen molar-refractivity contribution >= 4 is 39.0 Å². The summed E-state index contributed by atoms with van der Waals surface area (Å²) in [5.74, 6) is 2.21. The van der Waals surface area contributed by atoms with E-state index in [1.807, 2.05) is 97.2 Å². The van der Waals surface area contributed by atoms with Gasteiger partial charge in [-0.1, -0.05) is 91.0 Å². The first-order valence-corrected chi connectivity index (χ1v) is 16.8. The average molecular weight is 657 g/mol. The summed E-state index contributed by atoms with van der Waals surface area (Å²) in [6.07, 6.45) is 3.69. The number of benzene rings is 6. The standard InChI is InChI=1S/C45H28N4O2/c1-2-12-29(13-3-1)45-47-37(27-38(48-45)36-17-10-16-35-34-15-4-7-20-41(34)51-44(35)36)32-24-31(30-14-11-23-46-28-30)25-33(26-32)49-39-18-5-8-21-42(39)50-43-22-9-6-19-40(43)49/h1-28H. The quantitative estimate of drug-likeness (QED) is 0.184. The molecule has 10 rings (SSSR count). The van der Waals surface area contributed by atoms with Crippen LogP contribution in [-0.2, 0) is 0 Å². The SMILES string of the molecule is c1ccc(-c2nc(-c3cc(-c4cccnc4)cc(N4c5ccccc5Oc5ccccc54)c3)cc(-c3cccc4c3oc3ccccc34)n2)cc1. The van der Waals surface area contributed by atoms with Crippen molar-refractivity contribution in [2.75, 3.05) is 4.90 Å². The minimum absolute atomic E-state index is 0.631. The lowest BCUT2D eigenvalue weighted by atomic mass is 9.98. The summed E-state index contributed by atoms with van der Waals surface area (Å²) in [7, 11) is 0. The second-order valence-corrected chi connectivity index (χ2v) is 12.5. The molecule has 4 heterocycles. The monoisotopic (exact) mass is 656 g/mol. The zero-order chi connectivity index (χ0) is 33.7. The van der Waals surface area contributed by atoms with Crippen LogP contribution in [0.3, 0.4) is 0 Å². The number of fused-ring (bicyclic) bond motifs is 5. The summed E-state index contributed by atoms with van der Waals surface area (Å²) in [5, 5.41) is 2.13. The minimum atomic E-state index is 0.631. The molecule has 0 spiro atoms. The van der Waals surface area contributed by atoms with Crippen LogP contribution in [0.4, 0.5) is 17.1 Å². The topological polar surface area (TPSA) is 64.3 Å². The number of para-hydroxylation sites is 6. The normalized spacial score (nSPS) is 12.0. The Hall–Kier alpha value is -7.05. The Labute approximate surface area is 293 Å². The van der Waals surface area contributed by atoms with Crippen LogP contribution in [0.1, 0.15) is 0 Å². The summed E-state index contributed by atoms with van der Waals surface area (Å²) in [6, 6.07) is 53.5. The van der Waals surface area contributed by atoms with E-state index in [2.05, 4.69) is 76.6 Å². The molecule has 6 aromatic carbocycles. The van der Waals surface area contributed by atoms with Crippen molar-refractivity contribution in [1.82, 2.24) is 15.0 Å². The van der Waals surface area contributed by atoms with Crippen LogP contribution in [0.25, 0.3) is 67.0 Å². The highest BCUT2D eigenvalue weighted by molar-refractivity contribution is 6.09. The van der Waals surface area contributed by atoms with Gasteiger partial charge in [0.2, 0.25) is 0 Å². The van der Waals surface area contributed by atoms with E-state index >= 15 is 0 Å². The van der Waals surface area contributed by atoms with Gasteiger partial charge in [0, 0.05) is 51.1 Å². The first kappa shape index (κ1) is 28.9. The van der Waals surface area contributed by atoms with Crippen LogP contribution >= 0.6 is 0 Å². The van der Waals surface area contributed by atoms with Crippen molar-refractivity contribution in [2.24, 2.45) is 0 Å². The van der Waals surface area contributed by atoms with Crippen molar-refractivity contribution in [1.29, 1.82) is 0 Å². The number of pyridine rings is 1. The third-order valence-corrected chi connectivity index (χ3v) is 9.34. The molecule has 1 aliphatic rings. The lowest BCUT2D eigenvalue weighted by molar-refractivity contribution is 0.477. The molecule has 0 radical (unpaired) electrons. The molecular formula is C45H28N4O2. The molecule has 0 bridgehead atoms. The largest absolute Gasteiger partial charge is 0.455 e. The predicted molar refractivity (Wildman–Crippen MR) is 204 cm³/mol. The summed E-state index contributed by atoms with van der Waals surface area (Å²) in [4.78, 5) is 17.1.